The number of nitrogens with one attached hydrogen (secondary N) is 1. The highest BCUT2D eigenvalue weighted by atomic mass is 19.1. The van der Waals surface area contributed by atoms with Crippen LogP contribution in [0.3, 0.4) is 0 Å². The zero-order valence-corrected chi connectivity index (χ0v) is 7.39. The number of hydrogen-bond donors (Lipinski definition) is 1. The van der Waals surface area contributed by atoms with E-state index >= 15 is 0 Å². The lowest BCUT2D eigenvalue weighted by Gasteiger charge is -2.12. The number of hydrogen-bond acceptors (Lipinski definition) is 1. The summed E-state index contributed by atoms with van der Waals surface area (Å²) in [6.07, 6.45) is 1.17. The summed E-state index contributed by atoms with van der Waals surface area (Å²) in [7, 11) is 0. The van der Waals surface area contributed by atoms with Gasteiger partial charge in [0, 0.05) is 12.0 Å². The van der Waals surface area contributed by atoms with E-state index in [1.807, 2.05) is 12.1 Å². The normalized spacial score (nSPS) is 35.9. The molecule has 0 spiro atoms. The first-order chi connectivity index (χ1) is 6.33. The number of halogens is 1. The molecule has 0 amide bonds. The van der Waals surface area contributed by atoms with Crippen LogP contribution in [0.5, 0.6) is 0 Å². The Morgan fingerprint density at radius 2 is 2.23 bits per heavy atom. The highest BCUT2D eigenvalue weighted by Gasteiger charge is 2.58. The van der Waals surface area contributed by atoms with E-state index in [-0.39, 0.29) is 11.2 Å². The minimum absolute atomic E-state index is 0.0336. The molecule has 2 atom stereocenters. The highest BCUT2D eigenvalue weighted by molar-refractivity contribution is 5.37. The van der Waals surface area contributed by atoms with Crippen LogP contribution in [0.15, 0.2) is 24.3 Å². The number of piperidine rings is 1. The Morgan fingerprint density at radius 3 is 2.85 bits per heavy atom. The van der Waals surface area contributed by atoms with E-state index in [1.54, 1.807) is 12.1 Å². The van der Waals surface area contributed by atoms with Crippen LogP contribution in [-0.2, 0) is 5.41 Å². The van der Waals surface area contributed by atoms with Crippen LogP contribution in [0.25, 0.3) is 0 Å². The molecule has 3 rings (SSSR count). The maximum absolute atomic E-state index is 13.5. The van der Waals surface area contributed by atoms with Gasteiger partial charge >= 0.3 is 0 Å². The molecule has 68 valence electrons. The minimum atomic E-state index is -0.0336. The molecular formula is C11H12FN. The molecule has 1 aliphatic carbocycles. The molecule has 1 N–H and O–H groups in total. The summed E-state index contributed by atoms with van der Waals surface area (Å²) in [4.78, 5) is 0. The van der Waals surface area contributed by atoms with Crippen molar-refractivity contribution in [2.75, 3.05) is 13.1 Å². The van der Waals surface area contributed by atoms with Gasteiger partial charge in [-0.2, -0.15) is 0 Å². The molecule has 1 aliphatic heterocycles. The van der Waals surface area contributed by atoms with E-state index in [2.05, 4.69) is 5.32 Å². The fraction of sp³-hybridized carbons (Fsp3) is 0.455. The average molecular weight is 177 g/mol. The third kappa shape index (κ3) is 0.894. The minimum Gasteiger partial charge on any atom is -0.316 e. The van der Waals surface area contributed by atoms with E-state index in [1.165, 1.54) is 6.42 Å². The molecule has 0 unspecified atom stereocenters. The van der Waals surface area contributed by atoms with Crippen molar-refractivity contribution in [1.82, 2.24) is 5.32 Å². The Bertz CT molecular complexity index is 350. The Morgan fingerprint density at radius 1 is 1.38 bits per heavy atom. The lowest BCUT2D eigenvalue weighted by molar-refractivity contribution is 0.569. The largest absolute Gasteiger partial charge is 0.316 e. The van der Waals surface area contributed by atoms with E-state index < -0.39 is 0 Å². The van der Waals surface area contributed by atoms with Gasteiger partial charge < -0.3 is 5.32 Å². The number of fused-ring (bicyclic) bond motifs is 1. The van der Waals surface area contributed by atoms with Gasteiger partial charge in [0.2, 0.25) is 0 Å². The molecule has 2 heteroatoms. The number of benzene rings is 1. The molecule has 0 bridgehead atoms. The first-order valence-corrected chi connectivity index (χ1v) is 4.79. The summed E-state index contributed by atoms with van der Waals surface area (Å²) in [6, 6.07) is 7.19. The summed E-state index contributed by atoms with van der Waals surface area (Å²) in [5.41, 5.74) is 1.08. The van der Waals surface area contributed by atoms with Crippen LogP contribution in [0.4, 0.5) is 4.39 Å². The predicted octanol–water partition coefficient (Wildman–Crippen LogP) is 1.69. The van der Waals surface area contributed by atoms with Crippen molar-refractivity contribution in [2.24, 2.45) is 5.92 Å². The Hall–Kier alpha value is -0.890. The highest BCUT2D eigenvalue weighted by Crippen LogP contribution is 2.56. The van der Waals surface area contributed by atoms with Crippen molar-refractivity contribution < 1.29 is 4.39 Å². The summed E-state index contributed by atoms with van der Waals surface area (Å²) >= 11 is 0. The van der Waals surface area contributed by atoms with E-state index in [0.29, 0.717) is 5.92 Å². The third-order valence-electron chi connectivity index (χ3n) is 3.47. The first-order valence-electron chi connectivity index (χ1n) is 4.79. The van der Waals surface area contributed by atoms with Crippen LogP contribution in [0, 0.1) is 11.7 Å². The average Bonchev–Trinajstić information content (AvgIpc) is 2.70. The lowest BCUT2D eigenvalue weighted by Crippen LogP contribution is -2.20. The lowest BCUT2D eigenvalue weighted by atomic mass is 9.95. The molecule has 0 radical (unpaired) electrons. The topological polar surface area (TPSA) is 12.0 Å². The fourth-order valence-electron chi connectivity index (χ4n) is 2.62. The molecule has 1 saturated heterocycles. The van der Waals surface area contributed by atoms with Crippen molar-refractivity contribution in [3.63, 3.8) is 0 Å². The molecule has 1 nitrogen and oxygen atoms in total. The fourth-order valence-corrected chi connectivity index (χ4v) is 2.62. The molecule has 1 aromatic carbocycles. The van der Waals surface area contributed by atoms with Crippen molar-refractivity contribution >= 4 is 0 Å². The molecule has 1 saturated carbocycles. The summed E-state index contributed by atoms with van der Waals surface area (Å²) in [5, 5.41) is 3.32. The summed E-state index contributed by atoms with van der Waals surface area (Å²) in [5.74, 6) is 0.651. The van der Waals surface area contributed by atoms with E-state index in [9.17, 15) is 4.39 Å². The van der Waals surface area contributed by atoms with Gasteiger partial charge in [-0.15, -0.1) is 0 Å². The van der Waals surface area contributed by atoms with Gasteiger partial charge in [0.15, 0.2) is 0 Å². The quantitative estimate of drug-likeness (QED) is 0.688. The van der Waals surface area contributed by atoms with Gasteiger partial charge in [-0.1, -0.05) is 18.2 Å². The van der Waals surface area contributed by atoms with Crippen molar-refractivity contribution in [2.45, 2.75) is 11.8 Å². The van der Waals surface area contributed by atoms with Gasteiger partial charge in [0.25, 0.3) is 0 Å². The summed E-state index contributed by atoms with van der Waals surface area (Å²) < 4.78 is 13.5. The van der Waals surface area contributed by atoms with Crippen LogP contribution < -0.4 is 5.32 Å². The molecule has 13 heavy (non-hydrogen) atoms. The van der Waals surface area contributed by atoms with Gasteiger partial charge in [-0.3, -0.25) is 0 Å². The predicted molar refractivity (Wildman–Crippen MR) is 49.1 cm³/mol. The van der Waals surface area contributed by atoms with Gasteiger partial charge in [0.05, 0.1) is 0 Å². The molecule has 1 heterocycles. The molecule has 1 aromatic rings. The molecule has 0 aromatic heterocycles. The number of rotatable bonds is 1. The third-order valence-corrected chi connectivity index (χ3v) is 3.47. The van der Waals surface area contributed by atoms with Crippen LogP contribution in [0.1, 0.15) is 12.0 Å². The maximum atomic E-state index is 13.5. The standard InChI is InChI=1S/C11H12FN/c12-10-4-2-1-3-9(10)11-5-8(11)6-13-7-11/h1-4,8,13H,5-7H2/t8-,11+/m1/s1. The van der Waals surface area contributed by atoms with Crippen LogP contribution >= 0.6 is 0 Å². The SMILES string of the molecule is Fc1ccccc1[C@@]12CNC[C@H]1C2. The summed E-state index contributed by atoms with van der Waals surface area (Å²) in [6.45, 7) is 2.02. The van der Waals surface area contributed by atoms with Crippen LogP contribution in [-0.4, -0.2) is 13.1 Å². The molecule has 2 fully saturated rings. The van der Waals surface area contributed by atoms with E-state index in [4.69, 9.17) is 0 Å². The maximum Gasteiger partial charge on any atom is 0.127 e. The monoisotopic (exact) mass is 177 g/mol. The first kappa shape index (κ1) is 7.51. The van der Waals surface area contributed by atoms with Crippen molar-refractivity contribution in [1.29, 1.82) is 0 Å². The van der Waals surface area contributed by atoms with Crippen LogP contribution in [0.2, 0.25) is 0 Å². The van der Waals surface area contributed by atoms with Gasteiger partial charge in [-0.05, 0) is 30.5 Å². The molecular weight excluding hydrogens is 165 g/mol. The van der Waals surface area contributed by atoms with Crippen molar-refractivity contribution in [3.05, 3.63) is 35.6 Å². The Kier molecular flexibility index (Phi) is 1.34. The molecule has 2 aliphatic rings. The smallest absolute Gasteiger partial charge is 0.127 e. The zero-order valence-electron chi connectivity index (χ0n) is 7.39. The van der Waals surface area contributed by atoms with Gasteiger partial charge in [0.1, 0.15) is 5.82 Å². The second-order valence-corrected chi connectivity index (χ2v) is 4.17. The zero-order chi connectivity index (χ0) is 8.89. The van der Waals surface area contributed by atoms with Crippen molar-refractivity contribution in [3.8, 4) is 0 Å². The second-order valence-electron chi connectivity index (χ2n) is 4.17. The Balaban J connectivity index is 2.06. The van der Waals surface area contributed by atoms with E-state index in [0.717, 1.165) is 18.7 Å². The second kappa shape index (κ2) is 2.32. The van der Waals surface area contributed by atoms with Gasteiger partial charge in [-0.25, -0.2) is 4.39 Å². The Labute approximate surface area is 77.0 Å².